The van der Waals surface area contributed by atoms with Crippen molar-refractivity contribution in [3.63, 3.8) is 0 Å². The molecule has 1 aromatic rings. The summed E-state index contributed by atoms with van der Waals surface area (Å²) < 4.78 is 11.2. The number of fused-ring (bicyclic) bond motifs is 1. The molecule has 1 unspecified atom stereocenters. The van der Waals surface area contributed by atoms with Gasteiger partial charge in [-0.25, -0.2) is 0 Å². The molecule has 0 aromatic heterocycles. The van der Waals surface area contributed by atoms with Crippen LogP contribution in [0.15, 0.2) is 18.2 Å². The van der Waals surface area contributed by atoms with E-state index in [1.54, 1.807) is 34.9 Å². The van der Waals surface area contributed by atoms with E-state index in [1.165, 1.54) is 12.8 Å². The van der Waals surface area contributed by atoms with Gasteiger partial charge in [-0.05, 0) is 30.9 Å². The second-order valence-corrected chi connectivity index (χ2v) is 7.31. The summed E-state index contributed by atoms with van der Waals surface area (Å²) >= 11 is 1.60. The van der Waals surface area contributed by atoms with E-state index in [0.717, 1.165) is 6.54 Å². The standard InChI is InChI=1S/C17H20N2O4S/c20-16(18-8-11-4-5-11)13-9-24-10-19(13)17(21)12-2-1-3-14-15(12)23-7-6-22-14/h1-3,11,13H,4-10H2,(H,18,20). The van der Waals surface area contributed by atoms with Crippen LogP contribution in [-0.4, -0.2) is 54.1 Å². The molecule has 1 saturated heterocycles. The van der Waals surface area contributed by atoms with Gasteiger partial charge in [-0.3, -0.25) is 9.59 Å². The molecule has 3 aliphatic rings. The normalized spacial score (nSPS) is 22.3. The van der Waals surface area contributed by atoms with Gasteiger partial charge in [0.25, 0.3) is 5.91 Å². The van der Waals surface area contributed by atoms with Gasteiger partial charge in [-0.15, -0.1) is 11.8 Å². The van der Waals surface area contributed by atoms with Crippen molar-refractivity contribution in [1.82, 2.24) is 10.2 Å². The van der Waals surface area contributed by atoms with E-state index in [9.17, 15) is 9.59 Å². The first-order chi connectivity index (χ1) is 11.7. The lowest BCUT2D eigenvalue weighted by Crippen LogP contribution is -2.47. The highest BCUT2D eigenvalue weighted by Crippen LogP contribution is 2.36. The molecule has 1 atom stereocenters. The summed E-state index contributed by atoms with van der Waals surface area (Å²) in [6.45, 7) is 1.63. The summed E-state index contributed by atoms with van der Waals surface area (Å²) in [4.78, 5) is 27.1. The number of para-hydroxylation sites is 1. The molecule has 2 heterocycles. The Morgan fingerprint density at radius 2 is 2.08 bits per heavy atom. The maximum absolute atomic E-state index is 13.0. The minimum atomic E-state index is -0.415. The Bertz CT molecular complexity index is 662. The highest BCUT2D eigenvalue weighted by atomic mass is 32.2. The minimum absolute atomic E-state index is 0.0535. The molecule has 1 saturated carbocycles. The number of hydrogen-bond donors (Lipinski definition) is 1. The van der Waals surface area contributed by atoms with Crippen molar-refractivity contribution in [2.45, 2.75) is 18.9 Å². The van der Waals surface area contributed by atoms with Gasteiger partial charge in [-0.2, -0.15) is 0 Å². The molecule has 24 heavy (non-hydrogen) atoms. The van der Waals surface area contributed by atoms with Crippen molar-refractivity contribution in [2.24, 2.45) is 5.92 Å². The number of nitrogens with zero attached hydrogens (tertiary/aromatic N) is 1. The monoisotopic (exact) mass is 348 g/mol. The fourth-order valence-electron chi connectivity index (χ4n) is 2.94. The SMILES string of the molecule is O=C(NCC1CC1)C1CSCN1C(=O)c1cccc2c1OCCO2. The first kappa shape index (κ1) is 15.6. The van der Waals surface area contributed by atoms with E-state index < -0.39 is 6.04 Å². The molecule has 0 bridgehead atoms. The van der Waals surface area contributed by atoms with Crippen LogP contribution in [0.2, 0.25) is 0 Å². The maximum Gasteiger partial charge on any atom is 0.259 e. The van der Waals surface area contributed by atoms with Gasteiger partial charge in [0.1, 0.15) is 19.3 Å². The van der Waals surface area contributed by atoms with E-state index in [-0.39, 0.29) is 11.8 Å². The molecule has 2 aliphatic heterocycles. The van der Waals surface area contributed by atoms with E-state index in [0.29, 0.717) is 47.8 Å². The average molecular weight is 348 g/mol. The Labute approximate surface area is 144 Å². The predicted molar refractivity (Wildman–Crippen MR) is 90.4 cm³/mol. The Morgan fingerprint density at radius 3 is 2.92 bits per heavy atom. The molecule has 0 spiro atoms. The van der Waals surface area contributed by atoms with E-state index >= 15 is 0 Å². The molecule has 2 fully saturated rings. The Hall–Kier alpha value is -1.89. The van der Waals surface area contributed by atoms with Crippen molar-refractivity contribution in [2.75, 3.05) is 31.4 Å². The van der Waals surface area contributed by atoms with Crippen molar-refractivity contribution in [3.8, 4) is 11.5 Å². The van der Waals surface area contributed by atoms with Crippen LogP contribution in [0.5, 0.6) is 11.5 Å². The molecule has 2 amide bonds. The Balaban J connectivity index is 1.51. The quantitative estimate of drug-likeness (QED) is 0.893. The number of nitrogens with one attached hydrogen (secondary N) is 1. The van der Waals surface area contributed by atoms with Crippen molar-refractivity contribution >= 4 is 23.6 Å². The lowest BCUT2D eigenvalue weighted by molar-refractivity contribution is -0.124. The van der Waals surface area contributed by atoms with Crippen LogP contribution in [0.1, 0.15) is 23.2 Å². The molecule has 7 heteroatoms. The fourth-order valence-corrected chi connectivity index (χ4v) is 4.10. The summed E-state index contributed by atoms with van der Waals surface area (Å²) in [5, 5.41) is 2.98. The van der Waals surface area contributed by atoms with Gasteiger partial charge in [-0.1, -0.05) is 6.07 Å². The summed E-state index contributed by atoms with van der Waals surface area (Å²) in [5.41, 5.74) is 0.467. The maximum atomic E-state index is 13.0. The molecule has 128 valence electrons. The molecule has 6 nitrogen and oxygen atoms in total. The minimum Gasteiger partial charge on any atom is -0.486 e. The highest BCUT2D eigenvalue weighted by Gasteiger charge is 2.37. The van der Waals surface area contributed by atoms with Crippen LogP contribution in [0, 0.1) is 5.92 Å². The number of rotatable bonds is 4. The predicted octanol–water partition coefficient (Wildman–Crippen LogP) is 1.50. The number of carbonyl (C=O) groups is 2. The summed E-state index contributed by atoms with van der Waals surface area (Å²) in [6, 6.07) is 4.90. The van der Waals surface area contributed by atoms with Crippen LogP contribution in [0.4, 0.5) is 0 Å². The summed E-state index contributed by atoms with van der Waals surface area (Å²) in [6.07, 6.45) is 2.38. The Morgan fingerprint density at radius 1 is 1.25 bits per heavy atom. The third-order valence-corrected chi connectivity index (χ3v) is 5.52. The average Bonchev–Trinajstić information content (AvgIpc) is 3.32. The van der Waals surface area contributed by atoms with Crippen LogP contribution in [0.3, 0.4) is 0 Å². The molecule has 4 rings (SSSR count). The number of benzene rings is 1. The Kier molecular flexibility index (Phi) is 4.26. The zero-order valence-electron chi connectivity index (χ0n) is 13.3. The van der Waals surface area contributed by atoms with Gasteiger partial charge < -0.3 is 19.7 Å². The zero-order valence-corrected chi connectivity index (χ0v) is 14.1. The van der Waals surface area contributed by atoms with Crippen LogP contribution in [0.25, 0.3) is 0 Å². The fraction of sp³-hybridized carbons (Fsp3) is 0.529. The second kappa shape index (κ2) is 6.55. The number of hydrogen-bond acceptors (Lipinski definition) is 5. The van der Waals surface area contributed by atoms with Crippen LogP contribution in [-0.2, 0) is 4.79 Å². The molecule has 0 radical (unpaired) electrons. The topological polar surface area (TPSA) is 67.9 Å². The molecular weight excluding hydrogens is 328 g/mol. The smallest absolute Gasteiger partial charge is 0.259 e. The second-order valence-electron chi connectivity index (χ2n) is 6.31. The van der Waals surface area contributed by atoms with Gasteiger partial charge in [0.15, 0.2) is 11.5 Å². The third-order valence-electron chi connectivity index (χ3n) is 4.50. The van der Waals surface area contributed by atoms with Crippen molar-refractivity contribution < 1.29 is 19.1 Å². The van der Waals surface area contributed by atoms with E-state index in [1.807, 2.05) is 0 Å². The molecule has 1 aliphatic carbocycles. The van der Waals surface area contributed by atoms with Crippen molar-refractivity contribution in [1.29, 1.82) is 0 Å². The highest BCUT2D eigenvalue weighted by molar-refractivity contribution is 7.99. The van der Waals surface area contributed by atoms with E-state index in [2.05, 4.69) is 5.32 Å². The van der Waals surface area contributed by atoms with E-state index in [4.69, 9.17) is 9.47 Å². The van der Waals surface area contributed by atoms with Crippen LogP contribution >= 0.6 is 11.8 Å². The first-order valence-electron chi connectivity index (χ1n) is 8.29. The number of amides is 2. The molecular formula is C17H20N2O4S. The molecule has 1 aromatic carbocycles. The lowest BCUT2D eigenvalue weighted by Gasteiger charge is -2.26. The third kappa shape index (κ3) is 3.05. The first-order valence-corrected chi connectivity index (χ1v) is 9.44. The summed E-state index contributed by atoms with van der Waals surface area (Å²) in [7, 11) is 0. The van der Waals surface area contributed by atoms with Gasteiger partial charge >= 0.3 is 0 Å². The van der Waals surface area contributed by atoms with Crippen LogP contribution < -0.4 is 14.8 Å². The summed E-state index contributed by atoms with van der Waals surface area (Å²) in [5.74, 6) is 2.63. The lowest BCUT2D eigenvalue weighted by atomic mass is 10.1. The van der Waals surface area contributed by atoms with Gasteiger partial charge in [0, 0.05) is 12.3 Å². The van der Waals surface area contributed by atoms with Gasteiger partial charge in [0.05, 0.1) is 11.4 Å². The van der Waals surface area contributed by atoms with Gasteiger partial charge in [0.2, 0.25) is 5.91 Å². The number of ether oxygens (including phenoxy) is 2. The number of thioether (sulfide) groups is 1. The van der Waals surface area contributed by atoms with Crippen molar-refractivity contribution in [3.05, 3.63) is 23.8 Å². The zero-order chi connectivity index (χ0) is 16.5. The largest absolute Gasteiger partial charge is 0.486 e. The molecule has 1 N–H and O–H groups in total. The number of carbonyl (C=O) groups excluding carboxylic acids is 2.